The van der Waals surface area contributed by atoms with E-state index in [1.165, 1.54) is 12.1 Å². The summed E-state index contributed by atoms with van der Waals surface area (Å²) in [6.45, 7) is 0. The third kappa shape index (κ3) is 2.75. The highest BCUT2D eigenvalue weighted by Gasteiger charge is 2.11. The number of fused-ring (bicyclic) bond motifs is 1. The molecular weight excluding hydrogens is 286 g/mol. The maximum atomic E-state index is 12.0. The van der Waals surface area contributed by atoms with Crippen LogP contribution in [0.25, 0.3) is 10.8 Å². The third-order valence-corrected chi connectivity index (χ3v) is 3.05. The van der Waals surface area contributed by atoms with E-state index in [1.807, 2.05) is 0 Å². The molecular formula is C14H11N5O3. The lowest BCUT2D eigenvalue weighted by Gasteiger charge is -2.05. The van der Waals surface area contributed by atoms with Gasteiger partial charge in [0.15, 0.2) is 5.82 Å². The van der Waals surface area contributed by atoms with E-state index in [-0.39, 0.29) is 29.3 Å². The Morgan fingerprint density at radius 2 is 1.77 bits per heavy atom. The fourth-order valence-corrected chi connectivity index (χ4v) is 2.06. The first-order chi connectivity index (χ1) is 10.6. The smallest absolute Gasteiger partial charge is 0.272 e. The summed E-state index contributed by atoms with van der Waals surface area (Å²) < 4.78 is 0. The highest BCUT2D eigenvalue weighted by atomic mass is 16.2. The summed E-state index contributed by atoms with van der Waals surface area (Å²) >= 11 is 0. The van der Waals surface area contributed by atoms with Gasteiger partial charge in [0.2, 0.25) is 5.91 Å². The number of carbonyl (C=O) groups excluding carboxylic acids is 1. The van der Waals surface area contributed by atoms with Crippen LogP contribution in [0.1, 0.15) is 5.69 Å². The number of amides is 1. The van der Waals surface area contributed by atoms with Crippen molar-refractivity contribution in [1.82, 2.24) is 20.4 Å². The van der Waals surface area contributed by atoms with Crippen molar-refractivity contribution >= 4 is 22.5 Å². The predicted octanol–water partition coefficient (Wildman–Crippen LogP) is 0.188. The van der Waals surface area contributed by atoms with E-state index in [4.69, 9.17) is 0 Å². The van der Waals surface area contributed by atoms with Gasteiger partial charge in [-0.1, -0.05) is 18.2 Å². The number of rotatable bonds is 3. The van der Waals surface area contributed by atoms with Crippen LogP contribution in [-0.4, -0.2) is 26.3 Å². The molecule has 0 bridgehead atoms. The second-order valence-corrected chi connectivity index (χ2v) is 4.58. The number of hydrogen-bond donors (Lipinski definition) is 3. The highest BCUT2D eigenvalue weighted by Crippen LogP contribution is 2.13. The number of aromatic amines is 2. The Hall–Kier alpha value is -3.29. The summed E-state index contributed by atoms with van der Waals surface area (Å²) in [5.74, 6) is -0.123. The largest absolute Gasteiger partial charge is 0.309 e. The highest BCUT2D eigenvalue weighted by molar-refractivity contribution is 5.94. The van der Waals surface area contributed by atoms with Crippen LogP contribution in [0.2, 0.25) is 0 Å². The lowest BCUT2D eigenvalue weighted by molar-refractivity contribution is -0.115. The van der Waals surface area contributed by atoms with Gasteiger partial charge in [0, 0.05) is 11.5 Å². The maximum absolute atomic E-state index is 12.0. The third-order valence-electron chi connectivity index (χ3n) is 3.05. The standard InChI is InChI=1S/C14H11N5O3/c20-12-6-5-11(17-18-12)15-13(21)7-10-8-3-1-2-4-9(8)14(22)19-16-10/h1-6H,7H2,(H,18,20)(H,19,22)(H,15,17,21). The van der Waals surface area contributed by atoms with E-state index in [0.29, 0.717) is 16.5 Å². The van der Waals surface area contributed by atoms with Crippen LogP contribution in [0, 0.1) is 0 Å². The van der Waals surface area contributed by atoms with Crippen molar-refractivity contribution in [3.8, 4) is 0 Å². The van der Waals surface area contributed by atoms with E-state index in [0.717, 1.165) is 0 Å². The zero-order valence-electron chi connectivity index (χ0n) is 11.3. The van der Waals surface area contributed by atoms with Crippen LogP contribution < -0.4 is 16.4 Å². The molecule has 0 radical (unpaired) electrons. The minimum absolute atomic E-state index is 0.0297. The molecule has 8 heteroatoms. The van der Waals surface area contributed by atoms with Crippen LogP contribution in [0.15, 0.2) is 46.0 Å². The number of benzene rings is 1. The molecule has 0 atom stereocenters. The lowest BCUT2D eigenvalue weighted by atomic mass is 10.1. The van der Waals surface area contributed by atoms with Crippen molar-refractivity contribution in [3.63, 3.8) is 0 Å². The average Bonchev–Trinajstić information content (AvgIpc) is 2.53. The van der Waals surface area contributed by atoms with Crippen molar-refractivity contribution in [2.24, 2.45) is 0 Å². The molecule has 0 saturated carbocycles. The summed E-state index contributed by atoms with van der Waals surface area (Å²) in [6, 6.07) is 9.57. The summed E-state index contributed by atoms with van der Waals surface area (Å²) in [5, 5.41) is 15.8. The molecule has 2 heterocycles. The van der Waals surface area contributed by atoms with Crippen molar-refractivity contribution in [2.75, 3.05) is 5.32 Å². The number of nitrogens with zero attached hydrogens (tertiary/aromatic N) is 2. The van der Waals surface area contributed by atoms with E-state index < -0.39 is 0 Å². The quantitative estimate of drug-likeness (QED) is 0.637. The van der Waals surface area contributed by atoms with Crippen LogP contribution >= 0.6 is 0 Å². The molecule has 3 aromatic rings. The number of H-pyrrole nitrogens is 2. The first kappa shape index (κ1) is 13.7. The molecule has 110 valence electrons. The zero-order valence-corrected chi connectivity index (χ0v) is 11.3. The molecule has 1 aromatic carbocycles. The number of carbonyl (C=O) groups is 1. The van der Waals surface area contributed by atoms with Crippen LogP contribution in [0.4, 0.5) is 5.82 Å². The molecule has 0 unspecified atom stereocenters. The predicted molar refractivity (Wildman–Crippen MR) is 79.6 cm³/mol. The van der Waals surface area contributed by atoms with Crippen LogP contribution in [0.5, 0.6) is 0 Å². The molecule has 3 rings (SSSR count). The van der Waals surface area contributed by atoms with E-state index in [1.54, 1.807) is 24.3 Å². The van der Waals surface area contributed by atoms with Gasteiger partial charge in [-0.05, 0) is 12.1 Å². The molecule has 22 heavy (non-hydrogen) atoms. The first-order valence-electron chi connectivity index (χ1n) is 6.45. The molecule has 0 aliphatic rings. The number of anilines is 1. The molecule has 0 aliphatic carbocycles. The Morgan fingerprint density at radius 3 is 2.50 bits per heavy atom. The summed E-state index contributed by atoms with van der Waals surface area (Å²) in [6.07, 6.45) is -0.0297. The summed E-state index contributed by atoms with van der Waals surface area (Å²) in [4.78, 5) is 34.6. The molecule has 0 aliphatic heterocycles. The minimum Gasteiger partial charge on any atom is -0.309 e. The van der Waals surface area contributed by atoms with Gasteiger partial charge in [-0.2, -0.15) is 10.2 Å². The summed E-state index contributed by atoms with van der Waals surface area (Å²) in [7, 11) is 0. The van der Waals surface area contributed by atoms with Gasteiger partial charge in [-0.25, -0.2) is 10.2 Å². The number of nitrogens with one attached hydrogen (secondary N) is 3. The normalized spacial score (nSPS) is 10.5. The Labute approximate surface area is 123 Å². The Kier molecular flexibility index (Phi) is 3.48. The van der Waals surface area contributed by atoms with Gasteiger partial charge >= 0.3 is 0 Å². The maximum Gasteiger partial charge on any atom is 0.272 e. The van der Waals surface area contributed by atoms with Crippen molar-refractivity contribution in [1.29, 1.82) is 0 Å². The molecule has 2 aromatic heterocycles. The molecule has 8 nitrogen and oxygen atoms in total. The first-order valence-corrected chi connectivity index (χ1v) is 6.45. The fourth-order valence-electron chi connectivity index (χ4n) is 2.06. The van der Waals surface area contributed by atoms with Gasteiger partial charge in [0.25, 0.3) is 11.1 Å². The molecule has 0 fully saturated rings. The second kappa shape index (κ2) is 5.60. The Morgan fingerprint density at radius 1 is 1.00 bits per heavy atom. The number of hydrogen-bond acceptors (Lipinski definition) is 5. The molecule has 1 amide bonds. The molecule has 3 N–H and O–H groups in total. The van der Waals surface area contributed by atoms with E-state index in [9.17, 15) is 14.4 Å². The van der Waals surface area contributed by atoms with Gasteiger partial charge < -0.3 is 5.32 Å². The fraction of sp³-hybridized carbons (Fsp3) is 0.0714. The molecule has 0 saturated heterocycles. The van der Waals surface area contributed by atoms with Crippen molar-refractivity contribution in [2.45, 2.75) is 6.42 Å². The zero-order chi connectivity index (χ0) is 15.5. The van der Waals surface area contributed by atoms with Crippen LogP contribution in [0.3, 0.4) is 0 Å². The average molecular weight is 297 g/mol. The van der Waals surface area contributed by atoms with Crippen molar-refractivity contribution in [3.05, 3.63) is 62.8 Å². The summed E-state index contributed by atoms with van der Waals surface area (Å²) in [5.41, 5.74) is -0.203. The van der Waals surface area contributed by atoms with Crippen molar-refractivity contribution < 1.29 is 4.79 Å². The topological polar surface area (TPSA) is 121 Å². The molecule has 0 spiro atoms. The number of aromatic nitrogens is 4. The lowest BCUT2D eigenvalue weighted by Crippen LogP contribution is -2.20. The monoisotopic (exact) mass is 297 g/mol. The Bertz CT molecular complexity index is 940. The van der Waals surface area contributed by atoms with Gasteiger partial charge in [0.05, 0.1) is 17.5 Å². The Balaban J connectivity index is 1.85. The van der Waals surface area contributed by atoms with Gasteiger partial charge in [-0.15, -0.1) is 0 Å². The van der Waals surface area contributed by atoms with Gasteiger partial charge in [0.1, 0.15) is 0 Å². The van der Waals surface area contributed by atoms with E-state index >= 15 is 0 Å². The second-order valence-electron chi connectivity index (χ2n) is 4.58. The minimum atomic E-state index is -0.357. The van der Waals surface area contributed by atoms with E-state index in [2.05, 4.69) is 25.7 Å². The van der Waals surface area contributed by atoms with Gasteiger partial charge in [-0.3, -0.25) is 14.4 Å². The SMILES string of the molecule is O=C(Cc1n[nH]c(=O)c2ccccc12)Nc1ccc(=O)[nH]n1. The van der Waals surface area contributed by atoms with Crippen LogP contribution in [-0.2, 0) is 11.2 Å².